The molecule has 116 valence electrons. The SMILES string of the molecule is Cn1c(=O)[nH]c(=O)c2nc(/C=C(\O)c3ccccc3)c(=O)[nH]c21. The molecule has 0 bridgehead atoms. The van der Waals surface area contributed by atoms with Gasteiger partial charge in [0.05, 0.1) is 0 Å². The fraction of sp³-hybridized carbons (Fsp3) is 0.0667. The number of hydrogen-bond donors (Lipinski definition) is 3. The molecule has 1 aromatic carbocycles. The average molecular weight is 312 g/mol. The molecule has 3 aromatic rings. The van der Waals surface area contributed by atoms with Gasteiger partial charge in [-0.05, 0) is 0 Å². The topological polar surface area (TPSA) is 121 Å². The third-order valence-electron chi connectivity index (χ3n) is 3.34. The molecule has 2 aromatic heterocycles. The summed E-state index contributed by atoms with van der Waals surface area (Å²) in [7, 11) is 1.40. The van der Waals surface area contributed by atoms with Gasteiger partial charge >= 0.3 is 5.69 Å². The number of hydrogen-bond acceptors (Lipinski definition) is 5. The fourth-order valence-electron chi connectivity index (χ4n) is 2.12. The molecule has 0 radical (unpaired) electrons. The summed E-state index contributed by atoms with van der Waals surface area (Å²) in [6.07, 6.45) is 1.16. The number of aromatic nitrogens is 4. The smallest absolute Gasteiger partial charge is 0.329 e. The van der Waals surface area contributed by atoms with Crippen molar-refractivity contribution >= 4 is 23.0 Å². The van der Waals surface area contributed by atoms with Crippen molar-refractivity contribution in [1.82, 2.24) is 19.5 Å². The Morgan fingerprint density at radius 2 is 1.83 bits per heavy atom. The predicted molar refractivity (Wildman–Crippen MR) is 85.2 cm³/mol. The number of aryl methyl sites for hydroxylation is 1. The number of aromatic amines is 2. The first-order valence-corrected chi connectivity index (χ1v) is 6.67. The van der Waals surface area contributed by atoms with Gasteiger partial charge in [0.25, 0.3) is 11.1 Å². The van der Waals surface area contributed by atoms with Crippen molar-refractivity contribution < 1.29 is 5.11 Å². The Hall–Kier alpha value is -3.42. The Bertz CT molecular complexity index is 1090. The first-order valence-electron chi connectivity index (χ1n) is 6.67. The number of rotatable bonds is 2. The van der Waals surface area contributed by atoms with Crippen LogP contribution in [0.15, 0.2) is 44.7 Å². The average Bonchev–Trinajstić information content (AvgIpc) is 2.55. The van der Waals surface area contributed by atoms with Crippen molar-refractivity contribution in [2.45, 2.75) is 0 Å². The van der Waals surface area contributed by atoms with Crippen LogP contribution in [-0.4, -0.2) is 24.6 Å². The highest BCUT2D eigenvalue weighted by molar-refractivity contribution is 5.77. The fourth-order valence-corrected chi connectivity index (χ4v) is 2.12. The molecule has 0 unspecified atom stereocenters. The van der Waals surface area contributed by atoms with Crippen LogP contribution >= 0.6 is 0 Å². The lowest BCUT2D eigenvalue weighted by atomic mass is 10.1. The van der Waals surface area contributed by atoms with Crippen LogP contribution in [0.2, 0.25) is 0 Å². The van der Waals surface area contributed by atoms with Crippen molar-refractivity contribution in [2.75, 3.05) is 0 Å². The third-order valence-corrected chi connectivity index (χ3v) is 3.34. The van der Waals surface area contributed by atoms with Gasteiger partial charge in [-0.15, -0.1) is 0 Å². The van der Waals surface area contributed by atoms with Crippen molar-refractivity contribution in [1.29, 1.82) is 0 Å². The van der Waals surface area contributed by atoms with E-state index < -0.39 is 16.8 Å². The highest BCUT2D eigenvalue weighted by Gasteiger charge is 2.11. The summed E-state index contributed by atoms with van der Waals surface area (Å²) in [6, 6.07) is 8.59. The molecule has 2 heterocycles. The number of nitrogens with zero attached hydrogens (tertiary/aromatic N) is 2. The number of aliphatic hydroxyl groups is 1. The minimum atomic E-state index is -0.715. The summed E-state index contributed by atoms with van der Waals surface area (Å²) in [5.41, 5.74) is -1.71. The summed E-state index contributed by atoms with van der Waals surface area (Å²) in [4.78, 5) is 43.9. The lowest BCUT2D eigenvalue weighted by Gasteiger charge is -2.04. The van der Waals surface area contributed by atoms with Gasteiger partial charge in [-0.1, -0.05) is 30.3 Å². The molecule has 23 heavy (non-hydrogen) atoms. The van der Waals surface area contributed by atoms with E-state index in [0.29, 0.717) is 5.56 Å². The summed E-state index contributed by atoms with van der Waals surface area (Å²) in [6.45, 7) is 0. The molecule has 8 nitrogen and oxygen atoms in total. The number of H-pyrrole nitrogens is 2. The van der Waals surface area contributed by atoms with Gasteiger partial charge in [-0.2, -0.15) is 0 Å². The van der Waals surface area contributed by atoms with Gasteiger partial charge in [0, 0.05) is 18.7 Å². The van der Waals surface area contributed by atoms with Gasteiger partial charge < -0.3 is 10.1 Å². The second kappa shape index (κ2) is 5.41. The standard InChI is InChI=1S/C15H12N4O4/c1-19-12-11(14(22)18-15(19)23)16-9(13(21)17-12)7-10(20)8-5-3-2-4-6-8/h2-7,20H,1H3,(H,17,21)(H,18,22,23)/b10-7-. The molecule has 0 aliphatic heterocycles. The first kappa shape index (κ1) is 14.5. The number of nitrogens with one attached hydrogen (secondary N) is 2. The number of benzene rings is 1. The minimum Gasteiger partial charge on any atom is -0.507 e. The van der Waals surface area contributed by atoms with Gasteiger partial charge in [-0.3, -0.25) is 19.1 Å². The molecule has 0 aliphatic carbocycles. The second-order valence-electron chi connectivity index (χ2n) is 4.86. The lowest BCUT2D eigenvalue weighted by molar-refractivity contribution is 0.515. The summed E-state index contributed by atoms with van der Waals surface area (Å²) >= 11 is 0. The van der Waals surface area contributed by atoms with Crippen molar-refractivity contribution in [3.63, 3.8) is 0 Å². The zero-order valence-electron chi connectivity index (χ0n) is 12.0. The molecular formula is C15H12N4O4. The van der Waals surface area contributed by atoms with Gasteiger partial charge in [0.1, 0.15) is 17.1 Å². The second-order valence-corrected chi connectivity index (χ2v) is 4.86. The highest BCUT2D eigenvalue weighted by Crippen LogP contribution is 2.12. The molecule has 3 rings (SSSR count). The van der Waals surface area contributed by atoms with Crippen LogP contribution in [0.3, 0.4) is 0 Å². The van der Waals surface area contributed by atoms with Crippen LogP contribution in [0.1, 0.15) is 11.3 Å². The maximum Gasteiger partial charge on any atom is 0.329 e. The van der Waals surface area contributed by atoms with E-state index in [1.807, 2.05) is 0 Å². The van der Waals surface area contributed by atoms with Crippen molar-refractivity contribution in [3.8, 4) is 0 Å². The molecule has 0 saturated heterocycles. The van der Waals surface area contributed by atoms with E-state index in [0.717, 1.165) is 10.6 Å². The first-order chi connectivity index (χ1) is 11.0. The lowest BCUT2D eigenvalue weighted by Crippen LogP contribution is -2.31. The molecular weight excluding hydrogens is 300 g/mol. The quantitative estimate of drug-likeness (QED) is 0.590. The van der Waals surface area contributed by atoms with Gasteiger partial charge in [0.15, 0.2) is 5.52 Å². The summed E-state index contributed by atoms with van der Waals surface area (Å²) in [5.74, 6) is -0.163. The molecule has 0 atom stereocenters. The van der Waals surface area contributed by atoms with Crippen LogP contribution in [0.4, 0.5) is 0 Å². The molecule has 8 heteroatoms. The van der Waals surface area contributed by atoms with Crippen LogP contribution in [0.25, 0.3) is 23.0 Å². The molecule has 3 N–H and O–H groups in total. The van der Waals surface area contributed by atoms with E-state index in [4.69, 9.17) is 0 Å². The number of aliphatic hydroxyl groups excluding tert-OH is 1. The van der Waals surface area contributed by atoms with E-state index in [9.17, 15) is 19.5 Å². The molecule has 0 amide bonds. The molecule has 0 spiro atoms. The molecule has 0 saturated carbocycles. The monoisotopic (exact) mass is 312 g/mol. The Labute approximate surface area is 128 Å². The maximum absolute atomic E-state index is 12.1. The van der Waals surface area contributed by atoms with Crippen LogP contribution in [-0.2, 0) is 7.05 Å². The zero-order chi connectivity index (χ0) is 16.6. The largest absolute Gasteiger partial charge is 0.507 e. The van der Waals surface area contributed by atoms with E-state index in [2.05, 4.69) is 15.0 Å². The predicted octanol–water partition coefficient (Wildman–Crippen LogP) is 0.366. The van der Waals surface area contributed by atoms with Crippen LogP contribution in [0, 0.1) is 0 Å². The Kier molecular flexibility index (Phi) is 3.41. The Morgan fingerprint density at radius 1 is 1.13 bits per heavy atom. The molecule has 0 fully saturated rings. The highest BCUT2D eigenvalue weighted by atomic mass is 16.3. The van der Waals surface area contributed by atoms with Crippen molar-refractivity contribution in [2.24, 2.45) is 7.05 Å². The minimum absolute atomic E-state index is 0.0140. The van der Waals surface area contributed by atoms with E-state index >= 15 is 0 Å². The number of fused-ring (bicyclic) bond motifs is 1. The van der Waals surface area contributed by atoms with Crippen LogP contribution < -0.4 is 16.8 Å². The Morgan fingerprint density at radius 3 is 2.52 bits per heavy atom. The van der Waals surface area contributed by atoms with Crippen LogP contribution in [0.5, 0.6) is 0 Å². The van der Waals surface area contributed by atoms with Crippen molar-refractivity contribution in [3.05, 3.63) is 72.8 Å². The maximum atomic E-state index is 12.1. The Balaban J connectivity index is 2.24. The van der Waals surface area contributed by atoms with E-state index in [1.165, 1.54) is 7.05 Å². The van der Waals surface area contributed by atoms with Gasteiger partial charge in [0.2, 0.25) is 0 Å². The van der Waals surface area contributed by atoms with E-state index in [-0.39, 0.29) is 22.6 Å². The zero-order valence-corrected chi connectivity index (χ0v) is 12.0. The summed E-state index contributed by atoms with van der Waals surface area (Å²) < 4.78 is 1.08. The molecule has 0 aliphatic rings. The summed E-state index contributed by atoms with van der Waals surface area (Å²) in [5, 5.41) is 10.1. The van der Waals surface area contributed by atoms with Gasteiger partial charge in [-0.25, -0.2) is 9.78 Å². The third kappa shape index (κ3) is 2.57. The normalized spacial score (nSPS) is 11.8. The van der Waals surface area contributed by atoms with E-state index in [1.54, 1.807) is 30.3 Å².